The Labute approximate surface area is 199 Å². The summed E-state index contributed by atoms with van der Waals surface area (Å²) in [5.74, 6) is 1.67. The molecule has 6 nitrogen and oxygen atoms in total. The van der Waals surface area contributed by atoms with E-state index in [0.717, 1.165) is 23.1 Å². The van der Waals surface area contributed by atoms with Crippen molar-refractivity contribution in [2.24, 2.45) is 0 Å². The number of anilines is 1. The van der Waals surface area contributed by atoms with E-state index >= 15 is 0 Å². The standard InChI is InChI=1S/C21H23Cl2N5OS2/c1-2-28-19(13-6-4-3-5-7-13)26-27-21(28)31-12-18(29)25-20-24-17(11-30-20)15-9-8-14(22)10-16(15)23/h8-11,13H,2-7,12H2,1H3,(H,24,25,29). The number of hydrogen-bond donors (Lipinski definition) is 1. The van der Waals surface area contributed by atoms with Crippen LogP contribution >= 0.6 is 46.3 Å². The first-order chi connectivity index (χ1) is 15.0. The zero-order valence-electron chi connectivity index (χ0n) is 17.1. The number of nitrogens with one attached hydrogen (secondary N) is 1. The predicted molar refractivity (Wildman–Crippen MR) is 128 cm³/mol. The van der Waals surface area contributed by atoms with Crippen LogP contribution in [0.2, 0.25) is 10.0 Å². The molecule has 1 amide bonds. The summed E-state index contributed by atoms with van der Waals surface area (Å²) in [6.45, 7) is 2.90. The summed E-state index contributed by atoms with van der Waals surface area (Å²) in [7, 11) is 0. The molecular weight excluding hydrogens is 473 g/mol. The number of thiazole rings is 1. The molecule has 2 aromatic heterocycles. The molecule has 1 fully saturated rings. The molecule has 10 heteroatoms. The van der Waals surface area contributed by atoms with Crippen LogP contribution in [0.1, 0.15) is 50.8 Å². The zero-order valence-corrected chi connectivity index (χ0v) is 20.3. The molecule has 0 radical (unpaired) electrons. The van der Waals surface area contributed by atoms with E-state index in [2.05, 4.69) is 32.0 Å². The summed E-state index contributed by atoms with van der Waals surface area (Å²) in [4.78, 5) is 17.0. The van der Waals surface area contributed by atoms with Crippen LogP contribution in [0.25, 0.3) is 11.3 Å². The minimum atomic E-state index is -0.127. The molecule has 1 saturated carbocycles. The number of thioether (sulfide) groups is 1. The first kappa shape index (κ1) is 22.6. The van der Waals surface area contributed by atoms with Crippen LogP contribution in [0.4, 0.5) is 5.13 Å². The molecule has 164 valence electrons. The monoisotopic (exact) mass is 495 g/mol. The summed E-state index contributed by atoms with van der Waals surface area (Å²) in [5.41, 5.74) is 1.49. The second-order valence-electron chi connectivity index (χ2n) is 7.42. The molecule has 0 saturated heterocycles. The second kappa shape index (κ2) is 10.3. The number of carbonyl (C=O) groups is 1. The average Bonchev–Trinajstić information content (AvgIpc) is 3.39. The number of benzene rings is 1. The second-order valence-corrected chi connectivity index (χ2v) is 10.1. The van der Waals surface area contributed by atoms with E-state index < -0.39 is 0 Å². The number of carbonyl (C=O) groups excluding carboxylic acids is 1. The van der Waals surface area contributed by atoms with Gasteiger partial charge in [0.25, 0.3) is 0 Å². The fraction of sp³-hybridized carbons (Fsp3) is 0.429. The van der Waals surface area contributed by atoms with E-state index in [1.807, 2.05) is 11.4 Å². The number of nitrogens with zero attached hydrogens (tertiary/aromatic N) is 4. The molecule has 31 heavy (non-hydrogen) atoms. The van der Waals surface area contributed by atoms with E-state index in [-0.39, 0.29) is 11.7 Å². The van der Waals surface area contributed by atoms with Gasteiger partial charge in [0.15, 0.2) is 10.3 Å². The number of aromatic nitrogens is 4. The van der Waals surface area contributed by atoms with Crippen LogP contribution in [-0.2, 0) is 11.3 Å². The predicted octanol–water partition coefficient (Wildman–Crippen LogP) is 6.51. The molecular formula is C21H23Cl2N5OS2. The lowest BCUT2D eigenvalue weighted by Gasteiger charge is -2.21. The van der Waals surface area contributed by atoms with Gasteiger partial charge in [0.2, 0.25) is 5.91 Å². The van der Waals surface area contributed by atoms with Gasteiger partial charge >= 0.3 is 0 Å². The zero-order chi connectivity index (χ0) is 21.8. The minimum absolute atomic E-state index is 0.127. The molecule has 0 bridgehead atoms. The van der Waals surface area contributed by atoms with Gasteiger partial charge in [-0.2, -0.15) is 0 Å². The molecule has 1 aliphatic carbocycles. The van der Waals surface area contributed by atoms with Gasteiger partial charge in [0.05, 0.1) is 16.5 Å². The normalized spacial score (nSPS) is 14.7. The van der Waals surface area contributed by atoms with E-state index in [1.165, 1.54) is 55.2 Å². The lowest BCUT2D eigenvalue weighted by Crippen LogP contribution is -2.15. The van der Waals surface area contributed by atoms with Gasteiger partial charge in [-0.25, -0.2) is 4.98 Å². The topological polar surface area (TPSA) is 72.7 Å². The quantitative estimate of drug-likeness (QED) is 0.378. The van der Waals surface area contributed by atoms with Crippen molar-refractivity contribution in [1.82, 2.24) is 19.7 Å². The highest BCUT2D eigenvalue weighted by atomic mass is 35.5. The van der Waals surface area contributed by atoms with Crippen LogP contribution in [0.15, 0.2) is 28.7 Å². The molecule has 3 aromatic rings. The third-order valence-electron chi connectivity index (χ3n) is 5.32. The Hall–Kier alpha value is -1.61. The van der Waals surface area contributed by atoms with Gasteiger partial charge in [-0.15, -0.1) is 21.5 Å². The first-order valence-electron chi connectivity index (χ1n) is 10.3. The Morgan fingerprint density at radius 3 is 2.81 bits per heavy atom. The lowest BCUT2D eigenvalue weighted by atomic mass is 9.89. The highest BCUT2D eigenvalue weighted by Crippen LogP contribution is 2.34. The Balaban J connectivity index is 1.37. The number of rotatable bonds is 7. The summed E-state index contributed by atoms with van der Waals surface area (Å²) >= 11 is 15.0. The maximum atomic E-state index is 12.5. The first-order valence-corrected chi connectivity index (χ1v) is 12.9. The van der Waals surface area contributed by atoms with Gasteiger partial charge < -0.3 is 9.88 Å². The molecule has 0 atom stereocenters. The van der Waals surface area contributed by atoms with Gasteiger partial charge in [0.1, 0.15) is 5.82 Å². The van der Waals surface area contributed by atoms with Crippen LogP contribution in [-0.4, -0.2) is 31.4 Å². The molecule has 2 heterocycles. The summed E-state index contributed by atoms with van der Waals surface area (Å²) in [6.07, 6.45) is 6.16. The highest BCUT2D eigenvalue weighted by molar-refractivity contribution is 7.99. The van der Waals surface area contributed by atoms with Gasteiger partial charge in [-0.1, -0.05) is 54.2 Å². The average molecular weight is 496 g/mol. The fourth-order valence-electron chi connectivity index (χ4n) is 3.80. The van der Waals surface area contributed by atoms with Crippen LogP contribution in [0.5, 0.6) is 0 Å². The summed E-state index contributed by atoms with van der Waals surface area (Å²) < 4.78 is 2.15. The fourth-order valence-corrected chi connectivity index (χ4v) is 5.85. The molecule has 4 rings (SSSR count). The van der Waals surface area contributed by atoms with Crippen molar-refractivity contribution in [1.29, 1.82) is 0 Å². The lowest BCUT2D eigenvalue weighted by molar-refractivity contribution is -0.113. The number of hydrogen-bond acceptors (Lipinski definition) is 6. The van der Waals surface area contributed by atoms with Crippen LogP contribution in [0.3, 0.4) is 0 Å². The third-order valence-corrected chi connectivity index (χ3v) is 7.59. The SMILES string of the molecule is CCn1c(SCC(=O)Nc2nc(-c3ccc(Cl)cc3Cl)cs2)nnc1C1CCCCC1. The Morgan fingerprint density at radius 2 is 2.06 bits per heavy atom. The summed E-state index contributed by atoms with van der Waals surface area (Å²) in [6, 6.07) is 5.27. The van der Waals surface area contributed by atoms with Crippen molar-refractivity contribution in [3.8, 4) is 11.3 Å². The summed E-state index contributed by atoms with van der Waals surface area (Å²) in [5, 5.41) is 16.0. The maximum absolute atomic E-state index is 12.5. The number of halogens is 2. The molecule has 0 unspecified atom stereocenters. The maximum Gasteiger partial charge on any atom is 0.236 e. The third kappa shape index (κ3) is 5.42. The van der Waals surface area contributed by atoms with Gasteiger partial charge in [-0.05, 0) is 38.0 Å². The molecule has 1 aromatic carbocycles. The van der Waals surface area contributed by atoms with E-state index in [1.54, 1.807) is 12.1 Å². The molecule has 0 aliphatic heterocycles. The van der Waals surface area contributed by atoms with Crippen molar-refractivity contribution in [3.05, 3.63) is 39.4 Å². The van der Waals surface area contributed by atoms with Crippen molar-refractivity contribution in [2.45, 2.75) is 56.6 Å². The smallest absolute Gasteiger partial charge is 0.236 e. The van der Waals surface area contributed by atoms with Crippen molar-refractivity contribution in [3.63, 3.8) is 0 Å². The Bertz CT molecular complexity index is 1060. The van der Waals surface area contributed by atoms with Crippen LogP contribution in [0, 0.1) is 0 Å². The van der Waals surface area contributed by atoms with Crippen molar-refractivity contribution >= 4 is 57.3 Å². The number of amides is 1. The van der Waals surface area contributed by atoms with Crippen molar-refractivity contribution < 1.29 is 4.79 Å². The minimum Gasteiger partial charge on any atom is -0.306 e. The highest BCUT2D eigenvalue weighted by Gasteiger charge is 2.23. The Morgan fingerprint density at radius 1 is 1.26 bits per heavy atom. The van der Waals surface area contributed by atoms with Crippen LogP contribution < -0.4 is 5.32 Å². The largest absolute Gasteiger partial charge is 0.306 e. The van der Waals surface area contributed by atoms with Gasteiger partial charge in [-0.3, -0.25) is 4.79 Å². The van der Waals surface area contributed by atoms with Crippen molar-refractivity contribution in [2.75, 3.05) is 11.1 Å². The van der Waals surface area contributed by atoms with E-state index in [9.17, 15) is 4.79 Å². The molecule has 0 spiro atoms. The molecule has 1 aliphatic rings. The van der Waals surface area contributed by atoms with E-state index in [4.69, 9.17) is 23.2 Å². The Kier molecular flexibility index (Phi) is 7.53. The molecule has 1 N–H and O–H groups in total. The van der Waals surface area contributed by atoms with Gasteiger partial charge in [0, 0.05) is 28.4 Å². The van der Waals surface area contributed by atoms with E-state index in [0.29, 0.717) is 26.8 Å².